The van der Waals surface area contributed by atoms with Gasteiger partial charge in [-0.25, -0.2) is 0 Å². The van der Waals surface area contributed by atoms with Crippen LogP contribution in [0.1, 0.15) is 35.4 Å². The van der Waals surface area contributed by atoms with E-state index in [4.69, 9.17) is 9.47 Å². The number of methoxy groups -OCH3 is 1. The highest BCUT2D eigenvalue weighted by molar-refractivity contribution is 5.78. The van der Waals surface area contributed by atoms with Gasteiger partial charge in [-0.2, -0.15) is 0 Å². The summed E-state index contributed by atoms with van der Waals surface area (Å²) in [6.45, 7) is 1.85. The quantitative estimate of drug-likeness (QED) is 0.569. The molecule has 1 rings (SSSR count). The summed E-state index contributed by atoms with van der Waals surface area (Å²) in [5, 5.41) is 19.8. The predicted molar refractivity (Wildman–Crippen MR) is 70.6 cm³/mol. The molecular formula is C14H18O6. The summed E-state index contributed by atoms with van der Waals surface area (Å²) in [5.41, 5.74) is 0.428. The lowest BCUT2D eigenvalue weighted by atomic mass is 9.97. The fourth-order valence-electron chi connectivity index (χ4n) is 1.76. The number of carbonyl (C=O) groups is 2. The highest BCUT2D eigenvalue weighted by Gasteiger charge is 2.24. The van der Waals surface area contributed by atoms with Crippen molar-refractivity contribution in [2.24, 2.45) is 0 Å². The number of esters is 1. The fraction of sp³-hybridized carbons (Fsp3) is 0.429. The van der Waals surface area contributed by atoms with E-state index in [1.165, 1.54) is 19.2 Å². The molecular weight excluding hydrogens is 264 g/mol. The first-order valence-corrected chi connectivity index (χ1v) is 6.18. The molecule has 0 heterocycles. The molecule has 0 aromatic heterocycles. The van der Waals surface area contributed by atoms with Crippen LogP contribution in [0.15, 0.2) is 18.2 Å². The van der Waals surface area contributed by atoms with Gasteiger partial charge in [0.25, 0.3) is 0 Å². The van der Waals surface area contributed by atoms with E-state index in [9.17, 15) is 19.8 Å². The standard InChI is InChI=1S/C14H18O6/c1-3-20-13(17)7-12(16)14(18)11-5-4-10(19-2)6-9(11)8-15/h4-6,8,12,14,16,18H,3,7H2,1-2H3. The van der Waals surface area contributed by atoms with E-state index >= 15 is 0 Å². The van der Waals surface area contributed by atoms with Crippen molar-refractivity contribution >= 4 is 12.3 Å². The number of hydrogen-bond acceptors (Lipinski definition) is 6. The molecule has 1 aromatic rings. The van der Waals surface area contributed by atoms with Gasteiger partial charge < -0.3 is 19.7 Å². The largest absolute Gasteiger partial charge is 0.497 e. The Balaban J connectivity index is 2.87. The summed E-state index contributed by atoms with van der Waals surface area (Å²) < 4.78 is 9.66. The van der Waals surface area contributed by atoms with Crippen molar-refractivity contribution in [3.63, 3.8) is 0 Å². The maximum absolute atomic E-state index is 11.3. The summed E-state index contributed by atoms with van der Waals surface area (Å²) in [5.74, 6) is -0.150. The third kappa shape index (κ3) is 4.04. The Labute approximate surface area is 116 Å². The zero-order chi connectivity index (χ0) is 15.1. The van der Waals surface area contributed by atoms with Gasteiger partial charge in [0.2, 0.25) is 0 Å². The molecule has 1 aromatic carbocycles. The first-order valence-electron chi connectivity index (χ1n) is 6.18. The van der Waals surface area contributed by atoms with Gasteiger partial charge in [-0.15, -0.1) is 0 Å². The fourth-order valence-corrected chi connectivity index (χ4v) is 1.76. The highest BCUT2D eigenvalue weighted by atomic mass is 16.5. The van der Waals surface area contributed by atoms with Crippen molar-refractivity contribution in [2.45, 2.75) is 25.6 Å². The van der Waals surface area contributed by atoms with Crippen molar-refractivity contribution in [1.29, 1.82) is 0 Å². The minimum atomic E-state index is -1.36. The van der Waals surface area contributed by atoms with Crippen molar-refractivity contribution in [3.8, 4) is 5.75 Å². The van der Waals surface area contributed by atoms with Crippen LogP contribution in [0.4, 0.5) is 0 Å². The third-order valence-corrected chi connectivity index (χ3v) is 2.79. The summed E-state index contributed by atoms with van der Waals surface area (Å²) in [7, 11) is 1.45. The average molecular weight is 282 g/mol. The number of ether oxygens (including phenoxy) is 2. The zero-order valence-corrected chi connectivity index (χ0v) is 11.4. The van der Waals surface area contributed by atoms with Gasteiger partial charge in [-0.05, 0) is 24.6 Å². The van der Waals surface area contributed by atoms with E-state index < -0.39 is 18.2 Å². The summed E-state index contributed by atoms with van der Waals surface area (Å²) in [4.78, 5) is 22.3. The van der Waals surface area contributed by atoms with Crippen molar-refractivity contribution in [3.05, 3.63) is 29.3 Å². The smallest absolute Gasteiger partial charge is 0.308 e. The molecule has 0 radical (unpaired) electrons. The maximum Gasteiger partial charge on any atom is 0.308 e. The second-order valence-electron chi connectivity index (χ2n) is 4.13. The Hall–Kier alpha value is -1.92. The molecule has 2 unspecified atom stereocenters. The number of aliphatic hydroxyl groups is 2. The summed E-state index contributed by atoms with van der Waals surface area (Å²) >= 11 is 0. The number of aliphatic hydroxyl groups excluding tert-OH is 2. The van der Waals surface area contributed by atoms with Gasteiger partial charge >= 0.3 is 5.97 Å². The van der Waals surface area contributed by atoms with Gasteiger partial charge in [-0.1, -0.05) is 6.07 Å². The molecule has 0 aliphatic heterocycles. The average Bonchev–Trinajstić information content (AvgIpc) is 2.45. The Kier molecular flexibility index (Phi) is 6.14. The van der Waals surface area contributed by atoms with Gasteiger partial charge in [0.1, 0.15) is 11.9 Å². The lowest BCUT2D eigenvalue weighted by Gasteiger charge is -2.19. The number of aldehydes is 1. The Morgan fingerprint density at radius 3 is 2.65 bits per heavy atom. The topological polar surface area (TPSA) is 93.1 Å². The first kappa shape index (κ1) is 16.1. The van der Waals surface area contributed by atoms with Crippen molar-refractivity contribution in [1.82, 2.24) is 0 Å². The van der Waals surface area contributed by atoms with Crippen LogP contribution in [-0.2, 0) is 9.53 Å². The SMILES string of the molecule is CCOC(=O)CC(O)C(O)c1ccc(OC)cc1C=O. The molecule has 0 fully saturated rings. The van der Waals surface area contributed by atoms with E-state index in [0.29, 0.717) is 12.0 Å². The lowest BCUT2D eigenvalue weighted by molar-refractivity contribution is -0.147. The normalized spacial score (nSPS) is 13.4. The molecule has 0 saturated carbocycles. The highest BCUT2D eigenvalue weighted by Crippen LogP contribution is 2.25. The lowest BCUT2D eigenvalue weighted by Crippen LogP contribution is -2.24. The minimum Gasteiger partial charge on any atom is -0.497 e. The zero-order valence-electron chi connectivity index (χ0n) is 11.4. The molecule has 110 valence electrons. The van der Waals surface area contributed by atoms with Crippen molar-refractivity contribution in [2.75, 3.05) is 13.7 Å². The van der Waals surface area contributed by atoms with Crippen LogP contribution in [0.2, 0.25) is 0 Å². The Bertz CT molecular complexity index is 471. The van der Waals surface area contributed by atoms with Gasteiger partial charge in [-0.3, -0.25) is 9.59 Å². The Morgan fingerprint density at radius 2 is 2.10 bits per heavy atom. The molecule has 0 spiro atoms. The minimum absolute atomic E-state index is 0.194. The van der Waals surface area contributed by atoms with Gasteiger partial charge in [0.05, 0.1) is 26.2 Å². The van der Waals surface area contributed by atoms with E-state index in [1.54, 1.807) is 13.0 Å². The summed E-state index contributed by atoms with van der Waals surface area (Å²) in [6.07, 6.45) is -2.50. The second kappa shape index (κ2) is 7.62. The number of carbonyl (C=O) groups excluding carboxylic acids is 2. The molecule has 0 aliphatic carbocycles. The van der Waals surface area contributed by atoms with Crippen LogP contribution >= 0.6 is 0 Å². The van der Waals surface area contributed by atoms with E-state index in [2.05, 4.69) is 0 Å². The summed E-state index contributed by atoms with van der Waals surface area (Å²) in [6, 6.07) is 4.48. The van der Waals surface area contributed by atoms with Gasteiger partial charge in [0.15, 0.2) is 6.29 Å². The maximum atomic E-state index is 11.3. The monoisotopic (exact) mass is 282 g/mol. The molecule has 0 amide bonds. The molecule has 6 heteroatoms. The molecule has 0 bridgehead atoms. The van der Waals surface area contributed by atoms with Crippen LogP contribution in [0, 0.1) is 0 Å². The van der Waals surface area contributed by atoms with Crippen LogP contribution in [0.25, 0.3) is 0 Å². The van der Waals surface area contributed by atoms with E-state index in [0.717, 1.165) is 0 Å². The van der Waals surface area contributed by atoms with E-state index in [-0.39, 0.29) is 24.2 Å². The van der Waals surface area contributed by atoms with Crippen molar-refractivity contribution < 1.29 is 29.3 Å². The Morgan fingerprint density at radius 1 is 1.40 bits per heavy atom. The predicted octanol–water partition coefficient (Wildman–Crippen LogP) is 0.855. The molecule has 0 aliphatic rings. The van der Waals surface area contributed by atoms with Crippen LogP contribution in [0.3, 0.4) is 0 Å². The number of benzene rings is 1. The third-order valence-electron chi connectivity index (χ3n) is 2.79. The number of rotatable bonds is 7. The molecule has 20 heavy (non-hydrogen) atoms. The first-order chi connectivity index (χ1) is 9.53. The van der Waals surface area contributed by atoms with E-state index in [1.807, 2.05) is 0 Å². The molecule has 2 atom stereocenters. The van der Waals surface area contributed by atoms with Crippen LogP contribution in [0.5, 0.6) is 5.75 Å². The second-order valence-corrected chi connectivity index (χ2v) is 4.13. The molecule has 2 N–H and O–H groups in total. The van der Waals surface area contributed by atoms with Gasteiger partial charge in [0, 0.05) is 5.56 Å². The number of hydrogen-bond donors (Lipinski definition) is 2. The molecule has 0 saturated heterocycles. The van der Waals surface area contributed by atoms with Crippen LogP contribution in [-0.4, -0.2) is 42.3 Å². The van der Waals surface area contributed by atoms with Crippen LogP contribution < -0.4 is 4.74 Å². The molecule has 6 nitrogen and oxygen atoms in total.